The SMILES string of the molecule is C#CC(=O)NCCNc1ccc(-c2cc(OCCN3CC(F)(F)C3)cn3ncc(C#N)c23)cn1. The molecule has 3 aromatic heterocycles. The zero-order valence-corrected chi connectivity index (χ0v) is 18.1. The van der Waals surface area contributed by atoms with Gasteiger partial charge in [0, 0.05) is 37.0 Å². The van der Waals surface area contributed by atoms with Crippen LogP contribution in [0.4, 0.5) is 14.6 Å². The minimum Gasteiger partial charge on any atom is -0.491 e. The molecule has 0 spiro atoms. The number of carbonyl (C=O) groups is 1. The molecule has 1 fully saturated rings. The largest absolute Gasteiger partial charge is 0.491 e. The maximum absolute atomic E-state index is 13.0. The molecule has 0 aromatic carbocycles. The van der Waals surface area contributed by atoms with Crippen LogP contribution in [0.1, 0.15) is 5.56 Å². The van der Waals surface area contributed by atoms with Gasteiger partial charge in [-0.3, -0.25) is 9.69 Å². The normalized spacial score (nSPS) is 14.6. The van der Waals surface area contributed by atoms with Gasteiger partial charge in [-0.25, -0.2) is 18.3 Å². The Kier molecular flexibility index (Phi) is 6.57. The summed E-state index contributed by atoms with van der Waals surface area (Å²) in [5, 5.41) is 19.4. The first-order chi connectivity index (χ1) is 16.4. The van der Waals surface area contributed by atoms with Crippen molar-refractivity contribution < 1.29 is 18.3 Å². The zero-order chi connectivity index (χ0) is 24.1. The van der Waals surface area contributed by atoms with Crippen LogP contribution in [0.15, 0.2) is 36.8 Å². The highest BCUT2D eigenvalue weighted by Gasteiger charge is 2.43. The lowest BCUT2D eigenvalue weighted by Crippen LogP contribution is -2.56. The summed E-state index contributed by atoms with van der Waals surface area (Å²) in [5.74, 6) is -0.0208. The van der Waals surface area contributed by atoms with Gasteiger partial charge < -0.3 is 15.4 Å². The maximum atomic E-state index is 13.0. The predicted molar refractivity (Wildman–Crippen MR) is 120 cm³/mol. The number of amides is 1. The Bertz CT molecular complexity index is 1270. The van der Waals surface area contributed by atoms with Crippen LogP contribution in [-0.2, 0) is 4.79 Å². The molecule has 0 saturated carbocycles. The molecule has 0 atom stereocenters. The second-order valence-electron chi connectivity index (χ2n) is 7.73. The van der Waals surface area contributed by atoms with Crippen molar-refractivity contribution in [2.24, 2.45) is 0 Å². The van der Waals surface area contributed by atoms with Crippen molar-refractivity contribution in [3.05, 3.63) is 42.4 Å². The van der Waals surface area contributed by atoms with Gasteiger partial charge in [-0.15, -0.1) is 6.42 Å². The highest BCUT2D eigenvalue weighted by Crippen LogP contribution is 2.31. The molecule has 0 aliphatic carbocycles. The molecule has 0 radical (unpaired) electrons. The number of nitrogens with one attached hydrogen (secondary N) is 2. The number of halogens is 2. The smallest absolute Gasteiger partial charge is 0.295 e. The fourth-order valence-electron chi connectivity index (χ4n) is 3.61. The lowest BCUT2D eigenvalue weighted by molar-refractivity contribution is -0.132. The average molecular weight is 465 g/mol. The molecule has 4 heterocycles. The summed E-state index contributed by atoms with van der Waals surface area (Å²) in [5.41, 5.74) is 2.44. The first-order valence-electron chi connectivity index (χ1n) is 10.5. The van der Waals surface area contributed by atoms with Gasteiger partial charge in [0.2, 0.25) is 0 Å². The molecule has 2 N–H and O–H groups in total. The summed E-state index contributed by atoms with van der Waals surface area (Å²) in [7, 11) is 0. The Hall–Kier alpha value is -4.22. The van der Waals surface area contributed by atoms with Gasteiger partial charge in [-0.05, 0) is 24.1 Å². The molecule has 1 aliphatic rings. The van der Waals surface area contributed by atoms with Crippen molar-refractivity contribution in [2.45, 2.75) is 5.92 Å². The Morgan fingerprint density at radius 1 is 1.29 bits per heavy atom. The number of aromatic nitrogens is 3. The number of fused-ring (bicyclic) bond motifs is 1. The van der Waals surface area contributed by atoms with Crippen LogP contribution < -0.4 is 15.4 Å². The van der Waals surface area contributed by atoms with Crippen LogP contribution in [0.25, 0.3) is 16.6 Å². The highest BCUT2D eigenvalue weighted by atomic mass is 19.3. The second kappa shape index (κ2) is 9.73. The molecular weight excluding hydrogens is 444 g/mol. The third-order valence-corrected chi connectivity index (χ3v) is 5.22. The second-order valence-corrected chi connectivity index (χ2v) is 7.73. The Labute approximate surface area is 194 Å². The van der Waals surface area contributed by atoms with Gasteiger partial charge >= 0.3 is 0 Å². The molecule has 1 saturated heterocycles. The summed E-state index contributed by atoms with van der Waals surface area (Å²) < 4.78 is 33.4. The highest BCUT2D eigenvalue weighted by molar-refractivity contribution is 5.92. The minimum absolute atomic E-state index is 0.241. The zero-order valence-electron chi connectivity index (χ0n) is 18.1. The molecule has 11 heteroatoms. The van der Waals surface area contributed by atoms with Crippen LogP contribution in [0.5, 0.6) is 5.75 Å². The van der Waals surface area contributed by atoms with Crippen LogP contribution in [0.2, 0.25) is 0 Å². The molecule has 34 heavy (non-hydrogen) atoms. The number of anilines is 1. The third kappa shape index (κ3) is 5.22. The van der Waals surface area contributed by atoms with Crippen LogP contribution >= 0.6 is 0 Å². The molecule has 0 bridgehead atoms. The van der Waals surface area contributed by atoms with Gasteiger partial charge in [0.15, 0.2) is 0 Å². The summed E-state index contributed by atoms with van der Waals surface area (Å²) in [6.07, 6.45) is 9.77. The predicted octanol–water partition coefficient (Wildman–Crippen LogP) is 1.76. The number of hydrogen-bond donors (Lipinski definition) is 2. The van der Waals surface area contributed by atoms with E-state index in [1.807, 2.05) is 12.0 Å². The maximum Gasteiger partial charge on any atom is 0.295 e. The average Bonchev–Trinajstić information content (AvgIpc) is 3.23. The number of hydrogen-bond acceptors (Lipinski definition) is 7. The van der Waals surface area contributed by atoms with Crippen LogP contribution in [0, 0.1) is 23.7 Å². The summed E-state index contributed by atoms with van der Waals surface area (Å²) in [6, 6.07) is 7.53. The van der Waals surface area contributed by atoms with Crippen molar-refractivity contribution in [2.75, 3.05) is 44.6 Å². The molecule has 3 aromatic rings. The quantitative estimate of drug-likeness (QED) is 0.366. The Morgan fingerprint density at radius 3 is 2.79 bits per heavy atom. The van der Waals surface area contributed by atoms with E-state index >= 15 is 0 Å². The van der Waals surface area contributed by atoms with E-state index in [0.29, 0.717) is 47.8 Å². The first-order valence-corrected chi connectivity index (χ1v) is 10.5. The number of ether oxygens (including phenoxy) is 1. The molecule has 1 aliphatic heterocycles. The van der Waals surface area contributed by atoms with Gasteiger partial charge in [0.25, 0.3) is 11.8 Å². The topological polar surface area (TPSA) is 108 Å². The lowest BCUT2D eigenvalue weighted by Gasteiger charge is -2.38. The van der Waals surface area contributed by atoms with E-state index < -0.39 is 11.8 Å². The van der Waals surface area contributed by atoms with Gasteiger partial charge in [-0.1, -0.05) is 0 Å². The van der Waals surface area contributed by atoms with Crippen molar-refractivity contribution in [1.29, 1.82) is 5.26 Å². The summed E-state index contributed by atoms with van der Waals surface area (Å²) >= 11 is 0. The molecule has 1 amide bonds. The van der Waals surface area contributed by atoms with Gasteiger partial charge in [-0.2, -0.15) is 10.4 Å². The van der Waals surface area contributed by atoms with Crippen LogP contribution in [0.3, 0.4) is 0 Å². The van der Waals surface area contributed by atoms with E-state index in [4.69, 9.17) is 11.2 Å². The number of pyridine rings is 2. The first kappa shape index (κ1) is 23.0. The van der Waals surface area contributed by atoms with Crippen molar-refractivity contribution in [3.8, 4) is 35.3 Å². The van der Waals surface area contributed by atoms with Gasteiger partial charge in [0.1, 0.15) is 24.2 Å². The molecular formula is C23H21F2N7O2. The van der Waals surface area contributed by atoms with E-state index in [9.17, 15) is 18.8 Å². The minimum atomic E-state index is -2.61. The van der Waals surface area contributed by atoms with E-state index in [2.05, 4.69) is 26.8 Å². The number of alkyl halides is 2. The molecule has 0 unspecified atom stereocenters. The fourth-order valence-corrected chi connectivity index (χ4v) is 3.61. The van der Waals surface area contributed by atoms with Gasteiger partial charge in [0.05, 0.1) is 36.6 Å². The number of nitrogens with zero attached hydrogens (tertiary/aromatic N) is 5. The standard InChI is InChI=1S/C23H21F2N7O2/c1-2-21(33)28-6-5-27-20-4-3-16(11-29-20)19-9-18(13-32-22(19)17(10-26)12-30-32)34-8-7-31-14-23(24,25)15-31/h1,3-4,9,11-13H,5-8,14-15H2,(H,27,29)(H,28,33). The third-order valence-electron chi connectivity index (χ3n) is 5.22. The molecule has 4 rings (SSSR count). The van der Waals surface area contributed by atoms with Crippen LogP contribution in [-0.4, -0.2) is 70.7 Å². The number of carbonyl (C=O) groups excluding carboxylic acids is 1. The Balaban J connectivity index is 1.48. The summed E-state index contributed by atoms with van der Waals surface area (Å²) in [6.45, 7) is 0.904. The summed E-state index contributed by atoms with van der Waals surface area (Å²) in [4.78, 5) is 17.1. The molecule has 174 valence electrons. The van der Waals surface area contributed by atoms with E-state index in [1.54, 1.807) is 33.9 Å². The number of likely N-dealkylation sites (tertiary alicyclic amines) is 1. The Morgan fingerprint density at radius 2 is 2.12 bits per heavy atom. The lowest BCUT2D eigenvalue weighted by atomic mass is 10.1. The van der Waals surface area contributed by atoms with E-state index in [1.165, 1.54) is 6.20 Å². The van der Waals surface area contributed by atoms with Crippen molar-refractivity contribution >= 4 is 17.2 Å². The molecule has 9 nitrogen and oxygen atoms in total. The van der Waals surface area contributed by atoms with E-state index in [0.717, 1.165) is 5.56 Å². The van der Waals surface area contributed by atoms with Crippen molar-refractivity contribution in [1.82, 2.24) is 24.8 Å². The monoisotopic (exact) mass is 465 g/mol. The van der Waals surface area contributed by atoms with E-state index in [-0.39, 0.29) is 19.7 Å². The van der Waals surface area contributed by atoms with Crippen molar-refractivity contribution in [3.63, 3.8) is 0 Å². The fraction of sp³-hybridized carbons (Fsp3) is 0.304. The number of rotatable bonds is 9. The number of nitriles is 1. The number of terminal acetylenes is 1.